The van der Waals surface area contributed by atoms with Gasteiger partial charge in [-0.25, -0.2) is 4.68 Å². The Morgan fingerprint density at radius 2 is 1.95 bits per heavy atom. The van der Waals surface area contributed by atoms with Crippen LogP contribution in [0.1, 0.15) is 13.3 Å². The molecule has 0 aromatic carbocycles. The fourth-order valence-electron chi connectivity index (χ4n) is 2.60. The molecule has 6 nitrogen and oxygen atoms in total. The molecule has 0 amide bonds. The lowest BCUT2D eigenvalue weighted by Gasteiger charge is -2.26. The summed E-state index contributed by atoms with van der Waals surface area (Å²) < 4.78 is 10.2. The lowest BCUT2D eigenvalue weighted by molar-refractivity contribution is 0.0209. The van der Waals surface area contributed by atoms with Gasteiger partial charge in [0.05, 0.1) is 19.9 Å². The summed E-state index contributed by atoms with van der Waals surface area (Å²) in [7, 11) is 0. The normalized spacial score (nSPS) is 16.0. The highest BCUT2D eigenvalue weighted by Gasteiger charge is 2.16. The summed E-state index contributed by atoms with van der Waals surface area (Å²) in [5.41, 5.74) is 1.05. The van der Waals surface area contributed by atoms with Gasteiger partial charge >= 0.3 is 0 Å². The number of morpholine rings is 1. The van der Waals surface area contributed by atoms with Crippen molar-refractivity contribution >= 4 is 12.2 Å². The van der Waals surface area contributed by atoms with Crippen LogP contribution in [0.5, 0.6) is 0 Å². The SMILES string of the molecule is CCCn1c(-c2ccncc2)nn(CN2CCOCC2)c1=S. The van der Waals surface area contributed by atoms with Crippen molar-refractivity contribution < 1.29 is 4.74 Å². The predicted octanol–water partition coefficient (Wildman–Crippen LogP) is 2.18. The van der Waals surface area contributed by atoms with Crippen LogP contribution in [0.15, 0.2) is 24.5 Å². The van der Waals surface area contributed by atoms with E-state index in [1.807, 2.05) is 16.8 Å². The molecule has 0 atom stereocenters. The molecule has 1 fully saturated rings. The first-order valence-electron chi connectivity index (χ1n) is 7.67. The van der Waals surface area contributed by atoms with Crippen molar-refractivity contribution in [3.8, 4) is 11.4 Å². The summed E-state index contributed by atoms with van der Waals surface area (Å²) in [6, 6.07) is 3.95. The topological polar surface area (TPSA) is 48.1 Å². The molecule has 7 heteroatoms. The molecule has 22 heavy (non-hydrogen) atoms. The second-order valence-corrected chi connectivity index (χ2v) is 5.73. The third kappa shape index (κ3) is 3.26. The summed E-state index contributed by atoms with van der Waals surface area (Å²) in [4.78, 5) is 6.40. The molecular formula is C15H21N5OS. The summed E-state index contributed by atoms with van der Waals surface area (Å²) in [5.74, 6) is 0.919. The molecule has 1 aliphatic rings. The molecule has 0 unspecified atom stereocenters. The number of rotatable bonds is 5. The number of ether oxygens (including phenoxy) is 1. The summed E-state index contributed by atoms with van der Waals surface area (Å²) >= 11 is 5.64. The van der Waals surface area contributed by atoms with Crippen LogP contribution < -0.4 is 0 Å². The van der Waals surface area contributed by atoms with Gasteiger partial charge in [-0.3, -0.25) is 14.5 Å². The van der Waals surface area contributed by atoms with Crippen molar-refractivity contribution in [2.75, 3.05) is 26.3 Å². The fraction of sp³-hybridized carbons (Fsp3) is 0.533. The van der Waals surface area contributed by atoms with Gasteiger partial charge in [0, 0.05) is 37.6 Å². The minimum absolute atomic E-state index is 0.719. The maximum Gasteiger partial charge on any atom is 0.199 e. The average molecular weight is 319 g/mol. The van der Waals surface area contributed by atoms with Crippen LogP contribution >= 0.6 is 12.2 Å². The Balaban J connectivity index is 1.92. The van der Waals surface area contributed by atoms with Gasteiger partial charge in [0.15, 0.2) is 10.6 Å². The van der Waals surface area contributed by atoms with Crippen molar-refractivity contribution in [1.82, 2.24) is 24.2 Å². The van der Waals surface area contributed by atoms with Crippen LogP contribution in [0.2, 0.25) is 0 Å². The first-order chi connectivity index (χ1) is 10.8. The van der Waals surface area contributed by atoms with Gasteiger partial charge in [-0.2, -0.15) is 5.10 Å². The van der Waals surface area contributed by atoms with Gasteiger partial charge in [-0.1, -0.05) is 6.92 Å². The van der Waals surface area contributed by atoms with Crippen molar-refractivity contribution in [2.24, 2.45) is 0 Å². The van der Waals surface area contributed by atoms with E-state index in [0.717, 1.165) is 62.1 Å². The molecule has 1 aliphatic heterocycles. The molecule has 0 spiro atoms. The molecule has 0 saturated carbocycles. The fourth-order valence-corrected chi connectivity index (χ4v) is 2.88. The van der Waals surface area contributed by atoms with E-state index in [9.17, 15) is 0 Å². The Morgan fingerprint density at radius 3 is 2.64 bits per heavy atom. The molecule has 118 valence electrons. The number of hydrogen-bond acceptors (Lipinski definition) is 5. The van der Waals surface area contributed by atoms with Crippen molar-refractivity contribution in [3.05, 3.63) is 29.3 Å². The summed E-state index contributed by atoms with van der Waals surface area (Å²) in [6.45, 7) is 7.15. The van der Waals surface area contributed by atoms with Crippen molar-refractivity contribution in [2.45, 2.75) is 26.6 Å². The van der Waals surface area contributed by atoms with Gasteiger partial charge in [0.1, 0.15) is 0 Å². The summed E-state index contributed by atoms with van der Waals surface area (Å²) in [5, 5.41) is 4.76. The standard InChI is InChI=1S/C15H21N5OS/c1-2-7-19-14(13-3-5-16-6-4-13)17-20(15(19)22)12-18-8-10-21-11-9-18/h3-6H,2,7-12H2,1H3. The molecule has 0 radical (unpaired) electrons. The zero-order chi connectivity index (χ0) is 15.4. The highest BCUT2D eigenvalue weighted by Crippen LogP contribution is 2.18. The van der Waals surface area contributed by atoms with Gasteiger partial charge < -0.3 is 4.74 Å². The molecule has 1 saturated heterocycles. The first kappa shape index (κ1) is 15.3. The van der Waals surface area contributed by atoms with E-state index in [1.54, 1.807) is 12.4 Å². The van der Waals surface area contributed by atoms with E-state index in [1.165, 1.54) is 0 Å². The Bertz CT molecular complexity index is 660. The molecule has 2 aromatic rings. The van der Waals surface area contributed by atoms with E-state index in [4.69, 9.17) is 22.1 Å². The van der Waals surface area contributed by atoms with Crippen LogP contribution in [0.4, 0.5) is 0 Å². The number of pyridine rings is 1. The van der Waals surface area contributed by atoms with Gasteiger partial charge in [0.25, 0.3) is 0 Å². The van der Waals surface area contributed by atoms with Crippen LogP contribution in [-0.2, 0) is 18.0 Å². The highest BCUT2D eigenvalue weighted by molar-refractivity contribution is 7.71. The Labute approximate surface area is 135 Å². The van der Waals surface area contributed by atoms with Crippen molar-refractivity contribution in [1.29, 1.82) is 0 Å². The Kier molecular flexibility index (Phi) is 4.97. The lowest BCUT2D eigenvalue weighted by atomic mass is 10.2. The van der Waals surface area contributed by atoms with Crippen LogP contribution in [0.3, 0.4) is 0 Å². The van der Waals surface area contributed by atoms with Crippen LogP contribution in [0.25, 0.3) is 11.4 Å². The van der Waals surface area contributed by atoms with E-state index < -0.39 is 0 Å². The van der Waals surface area contributed by atoms with E-state index in [-0.39, 0.29) is 0 Å². The maximum atomic E-state index is 5.64. The monoisotopic (exact) mass is 319 g/mol. The first-order valence-corrected chi connectivity index (χ1v) is 8.08. The summed E-state index contributed by atoms with van der Waals surface area (Å²) in [6.07, 6.45) is 4.60. The molecule has 3 heterocycles. The lowest BCUT2D eigenvalue weighted by Crippen LogP contribution is -2.37. The Morgan fingerprint density at radius 1 is 1.23 bits per heavy atom. The number of nitrogens with zero attached hydrogens (tertiary/aromatic N) is 5. The molecule has 3 rings (SSSR count). The third-order valence-corrected chi connectivity index (χ3v) is 4.18. The second-order valence-electron chi connectivity index (χ2n) is 5.37. The number of hydrogen-bond donors (Lipinski definition) is 0. The van der Waals surface area contributed by atoms with E-state index >= 15 is 0 Å². The zero-order valence-corrected chi connectivity index (χ0v) is 13.6. The molecule has 2 aromatic heterocycles. The average Bonchev–Trinajstić information content (AvgIpc) is 2.87. The van der Waals surface area contributed by atoms with Crippen LogP contribution in [0, 0.1) is 4.77 Å². The smallest absolute Gasteiger partial charge is 0.199 e. The molecule has 0 bridgehead atoms. The van der Waals surface area contributed by atoms with Crippen molar-refractivity contribution in [3.63, 3.8) is 0 Å². The van der Waals surface area contributed by atoms with Gasteiger partial charge in [-0.05, 0) is 30.8 Å². The highest BCUT2D eigenvalue weighted by atomic mass is 32.1. The van der Waals surface area contributed by atoms with E-state index in [0.29, 0.717) is 0 Å². The maximum absolute atomic E-state index is 5.64. The minimum atomic E-state index is 0.719. The molecule has 0 aliphatic carbocycles. The van der Waals surface area contributed by atoms with Crippen LogP contribution in [-0.4, -0.2) is 50.5 Å². The largest absolute Gasteiger partial charge is 0.379 e. The quantitative estimate of drug-likeness (QED) is 0.791. The Hall–Kier alpha value is -1.57. The predicted molar refractivity (Wildman–Crippen MR) is 87.0 cm³/mol. The minimum Gasteiger partial charge on any atom is -0.379 e. The second kappa shape index (κ2) is 7.13. The third-order valence-electron chi connectivity index (χ3n) is 3.75. The van der Waals surface area contributed by atoms with E-state index in [2.05, 4.69) is 21.4 Å². The number of aromatic nitrogens is 4. The molecular weight excluding hydrogens is 298 g/mol. The van der Waals surface area contributed by atoms with Gasteiger partial charge in [0.2, 0.25) is 0 Å². The zero-order valence-electron chi connectivity index (χ0n) is 12.8. The molecule has 0 N–H and O–H groups in total. The van der Waals surface area contributed by atoms with Gasteiger partial charge in [-0.15, -0.1) is 0 Å².